The van der Waals surface area contributed by atoms with Gasteiger partial charge in [-0.25, -0.2) is 14.9 Å². The van der Waals surface area contributed by atoms with Gasteiger partial charge in [-0.3, -0.25) is 4.79 Å². The van der Waals surface area contributed by atoms with Gasteiger partial charge in [0.1, 0.15) is 6.04 Å². The Hall–Kier alpha value is -3.52. The fourth-order valence-corrected chi connectivity index (χ4v) is 2.85. The first-order valence-corrected chi connectivity index (χ1v) is 8.25. The first-order chi connectivity index (χ1) is 12.6. The maximum atomic E-state index is 13.2. The van der Waals surface area contributed by atoms with E-state index in [1.165, 1.54) is 4.90 Å². The maximum Gasteiger partial charge on any atom is 0.240 e. The third-order valence-corrected chi connectivity index (χ3v) is 3.97. The minimum Gasteiger partial charge on any atom is -0.291 e. The molecule has 128 valence electrons. The predicted molar refractivity (Wildman–Crippen MR) is 99.6 cm³/mol. The fraction of sp³-hybridized carbons (Fsp3) is 0.143. The van der Waals surface area contributed by atoms with Crippen LogP contribution in [-0.4, -0.2) is 15.8 Å². The minimum absolute atomic E-state index is 0.180. The van der Waals surface area contributed by atoms with Crippen LogP contribution in [0.25, 0.3) is 0 Å². The number of aryl methyl sites for hydroxylation is 2. The van der Waals surface area contributed by atoms with E-state index in [1.807, 2.05) is 56.3 Å². The third-order valence-electron chi connectivity index (χ3n) is 3.97. The number of carbonyl (C=O) groups is 1. The molecular weight excluding hydrogens is 324 g/mol. The number of nitrogens with zero attached hydrogens (tertiary/aromatic N) is 4. The van der Waals surface area contributed by atoms with Crippen LogP contribution in [0.2, 0.25) is 0 Å². The molecule has 5 heteroatoms. The van der Waals surface area contributed by atoms with Gasteiger partial charge in [-0.05, 0) is 25.5 Å². The van der Waals surface area contributed by atoms with Gasteiger partial charge in [-0.1, -0.05) is 60.7 Å². The van der Waals surface area contributed by atoms with Crippen molar-refractivity contribution in [1.29, 1.82) is 5.26 Å². The van der Waals surface area contributed by atoms with Crippen molar-refractivity contribution >= 4 is 11.7 Å². The molecular formula is C21H18N4O. The summed E-state index contributed by atoms with van der Waals surface area (Å²) in [5.41, 5.74) is 2.73. The number of benzene rings is 2. The normalized spacial score (nSPS) is 11.4. The molecule has 26 heavy (non-hydrogen) atoms. The SMILES string of the molecule is Cc1cc(C)nc(N(C#N)[C@H](C(=O)c2ccccc2)c2ccccc2)n1. The van der Waals surface area contributed by atoms with Crippen molar-refractivity contribution in [2.75, 3.05) is 4.90 Å². The van der Waals surface area contributed by atoms with Crippen LogP contribution in [-0.2, 0) is 0 Å². The molecule has 0 aliphatic rings. The van der Waals surface area contributed by atoms with E-state index in [4.69, 9.17) is 0 Å². The van der Waals surface area contributed by atoms with Crippen molar-refractivity contribution in [1.82, 2.24) is 9.97 Å². The molecule has 2 aromatic carbocycles. The Kier molecular flexibility index (Phi) is 5.04. The van der Waals surface area contributed by atoms with Gasteiger partial charge in [-0.2, -0.15) is 5.26 Å². The quantitative estimate of drug-likeness (QED) is 0.398. The monoisotopic (exact) mass is 342 g/mol. The topological polar surface area (TPSA) is 69.9 Å². The molecule has 0 spiro atoms. The number of aromatic nitrogens is 2. The molecule has 0 aliphatic heterocycles. The summed E-state index contributed by atoms with van der Waals surface area (Å²) in [5, 5.41) is 9.83. The van der Waals surface area contributed by atoms with E-state index in [9.17, 15) is 10.1 Å². The van der Waals surface area contributed by atoms with Crippen LogP contribution in [0.1, 0.15) is 33.4 Å². The number of hydrogen-bond donors (Lipinski definition) is 0. The van der Waals surface area contributed by atoms with E-state index < -0.39 is 6.04 Å². The van der Waals surface area contributed by atoms with Crippen LogP contribution in [0.3, 0.4) is 0 Å². The van der Waals surface area contributed by atoms with E-state index in [0.29, 0.717) is 11.1 Å². The highest BCUT2D eigenvalue weighted by atomic mass is 16.1. The highest BCUT2D eigenvalue weighted by molar-refractivity contribution is 6.02. The van der Waals surface area contributed by atoms with Gasteiger partial charge in [0.05, 0.1) is 0 Å². The second-order valence-electron chi connectivity index (χ2n) is 5.96. The summed E-state index contributed by atoms with van der Waals surface area (Å²) in [7, 11) is 0. The van der Waals surface area contributed by atoms with Gasteiger partial charge in [0.25, 0.3) is 0 Å². The number of ketones is 1. The Labute approximate surface area is 152 Å². The number of rotatable bonds is 5. The van der Waals surface area contributed by atoms with Crippen LogP contribution in [0, 0.1) is 25.3 Å². The molecule has 1 aromatic heterocycles. The summed E-state index contributed by atoms with van der Waals surface area (Å²) in [6.07, 6.45) is 2.11. The van der Waals surface area contributed by atoms with Crippen molar-refractivity contribution in [3.63, 3.8) is 0 Å². The lowest BCUT2D eigenvalue weighted by Gasteiger charge is -2.25. The number of nitriles is 1. The van der Waals surface area contributed by atoms with Gasteiger partial charge in [0, 0.05) is 17.0 Å². The first-order valence-electron chi connectivity index (χ1n) is 8.25. The van der Waals surface area contributed by atoms with E-state index in [2.05, 4.69) is 16.2 Å². The molecule has 0 aliphatic carbocycles. The van der Waals surface area contributed by atoms with Crippen LogP contribution >= 0.6 is 0 Å². The van der Waals surface area contributed by atoms with Gasteiger partial charge in [0.15, 0.2) is 12.0 Å². The largest absolute Gasteiger partial charge is 0.291 e. The first kappa shape index (κ1) is 17.3. The third kappa shape index (κ3) is 3.60. The molecule has 0 N–H and O–H groups in total. The Morgan fingerprint density at radius 2 is 1.50 bits per heavy atom. The maximum absolute atomic E-state index is 13.2. The standard InChI is InChI=1S/C21H18N4O/c1-15-13-16(2)24-21(23-15)25(14-22)19(17-9-5-3-6-10-17)20(26)18-11-7-4-8-12-18/h3-13,19H,1-2H3/t19-/m0/s1. The van der Waals surface area contributed by atoms with Gasteiger partial charge in [-0.15, -0.1) is 0 Å². The van der Waals surface area contributed by atoms with E-state index in [-0.39, 0.29) is 11.7 Å². The number of hydrogen-bond acceptors (Lipinski definition) is 5. The predicted octanol–water partition coefficient (Wildman–Crippen LogP) is 4.01. The summed E-state index contributed by atoms with van der Waals surface area (Å²) in [6.45, 7) is 3.68. The lowest BCUT2D eigenvalue weighted by Crippen LogP contribution is -2.32. The zero-order valence-electron chi connectivity index (χ0n) is 14.6. The summed E-state index contributed by atoms with van der Waals surface area (Å²) < 4.78 is 0. The fourth-order valence-electron chi connectivity index (χ4n) is 2.85. The van der Waals surface area contributed by atoms with Crippen molar-refractivity contribution in [3.8, 4) is 6.19 Å². The highest BCUT2D eigenvalue weighted by Crippen LogP contribution is 2.28. The number of Topliss-reactive ketones (excluding diaryl/α,β-unsaturated/α-hetero) is 1. The number of carbonyl (C=O) groups excluding carboxylic acids is 1. The molecule has 0 amide bonds. The lowest BCUT2D eigenvalue weighted by molar-refractivity contribution is 0.0961. The minimum atomic E-state index is -0.829. The van der Waals surface area contributed by atoms with Crippen LogP contribution < -0.4 is 4.90 Å². The zero-order chi connectivity index (χ0) is 18.5. The van der Waals surface area contributed by atoms with Crippen molar-refractivity contribution in [2.45, 2.75) is 19.9 Å². The average molecular weight is 342 g/mol. The molecule has 0 saturated heterocycles. The molecule has 5 nitrogen and oxygen atoms in total. The molecule has 0 saturated carbocycles. The Bertz CT molecular complexity index is 929. The number of anilines is 1. The van der Waals surface area contributed by atoms with Gasteiger partial charge < -0.3 is 0 Å². The highest BCUT2D eigenvalue weighted by Gasteiger charge is 2.31. The van der Waals surface area contributed by atoms with Crippen LogP contribution in [0.15, 0.2) is 66.7 Å². The van der Waals surface area contributed by atoms with E-state index >= 15 is 0 Å². The molecule has 0 bridgehead atoms. The lowest BCUT2D eigenvalue weighted by atomic mass is 9.96. The summed E-state index contributed by atoms with van der Waals surface area (Å²) in [6, 6.07) is 19.2. The van der Waals surface area contributed by atoms with E-state index in [0.717, 1.165) is 11.4 Å². The molecule has 3 rings (SSSR count). The van der Waals surface area contributed by atoms with Crippen LogP contribution in [0.4, 0.5) is 5.95 Å². The molecule has 0 radical (unpaired) electrons. The Morgan fingerprint density at radius 3 is 2.04 bits per heavy atom. The second kappa shape index (κ2) is 7.58. The molecule has 1 atom stereocenters. The Balaban J connectivity index is 2.13. The van der Waals surface area contributed by atoms with Gasteiger partial charge >= 0.3 is 0 Å². The molecule has 1 heterocycles. The molecule has 0 unspecified atom stereocenters. The summed E-state index contributed by atoms with van der Waals surface area (Å²) in [5.74, 6) is 0.0456. The Morgan fingerprint density at radius 1 is 0.962 bits per heavy atom. The van der Waals surface area contributed by atoms with Crippen molar-refractivity contribution < 1.29 is 4.79 Å². The molecule has 3 aromatic rings. The van der Waals surface area contributed by atoms with Gasteiger partial charge in [0.2, 0.25) is 5.95 Å². The molecule has 0 fully saturated rings. The van der Waals surface area contributed by atoms with Crippen molar-refractivity contribution in [3.05, 3.63) is 89.2 Å². The zero-order valence-corrected chi connectivity index (χ0v) is 14.6. The average Bonchev–Trinajstić information content (AvgIpc) is 2.66. The van der Waals surface area contributed by atoms with Crippen LogP contribution in [0.5, 0.6) is 0 Å². The summed E-state index contributed by atoms with van der Waals surface area (Å²) >= 11 is 0. The summed E-state index contributed by atoms with van der Waals surface area (Å²) in [4.78, 5) is 23.3. The van der Waals surface area contributed by atoms with Crippen molar-refractivity contribution in [2.24, 2.45) is 0 Å². The smallest absolute Gasteiger partial charge is 0.240 e. The van der Waals surface area contributed by atoms with E-state index in [1.54, 1.807) is 24.3 Å². The second-order valence-corrected chi connectivity index (χ2v) is 5.96.